The summed E-state index contributed by atoms with van der Waals surface area (Å²) in [7, 11) is 0.417. The number of aromatic nitrogens is 1. The molecule has 4 rings (SSSR count). The molecule has 0 atom stereocenters. The number of anilines is 1. The van der Waals surface area contributed by atoms with E-state index in [4.69, 9.17) is 0 Å². The maximum Gasteiger partial charge on any atom is 0.183 e. The Morgan fingerprint density at radius 1 is 0.906 bits per heavy atom. The first-order valence-electron chi connectivity index (χ1n) is 10.9. The zero-order valence-electron chi connectivity index (χ0n) is 19.4. The topological polar surface area (TPSA) is 42.3 Å². The molecule has 0 saturated heterocycles. The van der Waals surface area contributed by atoms with Crippen LogP contribution in [0.25, 0.3) is 22.0 Å². The summed E-state index contributed by atoms with van der Waals surface area (Å²) in [5.74, 6) is -0.0157. The van der Waals surface area contributed by atoms with Crippen LogP contribution in [-0.4, -0.2) is 27.1 Å². The number of hydrogen-bond acceptors (Lipinski definition) is 3. The van der Waals surface area contributed by atoms with Gasteiger partial charge in [-0.2, -0.15) is 0 Å². The molecule has 1 heterocycles. The van der Waals surface area contributed by atoms with E-state index in [2.05, 4.69) is 17.6 Å². The van der Waals surface area contributed by atoms with Gasteiger partial charge >= 0.3 is 0 Å². The van der Waals surface area contributed by atoms with E-state index < -0.39 is 9.84 Å². The number of fused-ring (bicyclic) bond motifs is 1. The van der Waals surface area contributed by atoms with E-state index >= 15 is 0 Å². The second kappa shape index (κ2) is 8.47. The van der Waals surface area contributed by atoms with Crippen molar-refractivity contribution in [2.75, 3.05) is 19.0 Å². The van der Waals surface area contributed by atoms with Crippen molar-refractivity contribution in [1.29, 1.82) is 0 Å². The number of aryl methyl sites for hydroxylation is 2. The average molecular weight is 447 g/mol. The SMILES string of the molecule is CCn1c(C)c(CS(=O)(=O)c2ccc(C)cc2-c2ccc(N(C)C)cc2)c2ccccc21. The predicted molar refractivity (Wildman–Crippen MR) is 134 cm³/mol. The minimum absolute atomic E-state index is 0.0157. The van der Waals surface area contributed by atoms with Gasteiger partial charge in [0.15, 0.2) is 9.84 Å². The van der Waals surface area contributed by atoms with Gasteiger partial charge < -0.3 is 9.47 Å². The van der Waals surface area contributed by atoms with Crippen molar-refractivity contribution in [3.63, 3.8) is 0 Å². The van der Waals surface area contributed by atoms with Crippen LogP contribution in [0.1, 0.15) is 23.7 Å². The molecule has 0 aliphatic rings. The molecule has 0 aliphatic heterocycles. The summed E-state index contributed by atoms with van der Waals surface area (Å²) in [5, 5.41) is 1.01. The third-order valence-corrected chi connectivity index (χ3v) is 7.87. The van der Waals surface area contributed by atoms with Crippen molar-refractivity contribution in [2.45, 2.75) is 38.0 Å². The Morgan fingerprint density at radius 2 is 1.59 bits per heavy atom. The Balaban J connectivity index is 1.83. The summed E-state index contributed by atoms with van der Waals surface area (Å²) in [4.78, 5) is 2.41. The Bertz CT molecular complexity index is 1380. The van der Waals surface area contributed by atoms with E-state index in [9.17, 15) is 8.42 Å². The molecule has 0 N–H and O–H groups in total. The molecule has 32 heavy (non-hydrogen) atoms. The first-order valence-corrected chi connectivity index (χ1v) is 12.6. The van der Waals surface area contributed by atoms with Crippen LogP contribution < -0.4 is 4.90 Å². The lowest BCUT2D eigenvalue weighted by Gasteiger charge is -2.15. The van der Waals surface area contributed by atoms with Gasteiger partial charge in [-0.25, -0.2) is 8.42 Å². The molecule has 0 amide bonds. The van der Waals surface area contributed by atoms with E-state index in [1.807, 2.05) is 87.4 Å². The number of sulfone groups is 1. The second-order valence-corrected chi connectivity index (χ2v) is 10.5. The summed E-state index contributed by atoms with van der Waals surface area (Å²) in [5.41, 5.74) is 6.76. The lowest BCUT2D eigenvalue weighted by atomic mass is 10.0. The molecule has 0 fully saturated rings. The van der Waals surface area contributed by atoms with Crippen molar-refractivity contribution < 1.29 is 8.42 Å². The van der Waals surface area contributed by atoms with Gasteiger partial charge in [-0.05, 0) is 56.2 Å². The number of benzene rings is 3. The Hall–Kier alpha value is -3.05. The van der Waals surface area contributed by atoms with E-state index in [1.165, 1.54) is 0 Å². The zero-order valence-corrected chi connectivity index (χ0v) is 20.2. The Kier molecular flexibility index (Phi) is 5.87. The van der Waals surface area contributed by atoms with Crippen LogP contribution in [-0.2, 0) is 22.1 Å². The molecule has 3 aromatic carbocycles. The molecular formula is C27H30N2O2S. The van der Waals surface area contributed by atoms with Crippen LogP contribution in [0.3, 0.4) is 0 Å². The number of nitrogens with zero attached hydrogens (tertiary/aromatic N) is 2. The quantitative estimate of drug-likeness (QED) is 0.366. The standard InChI is InChI=1S/C27H30N2O2S/c1-6-29-20(3)25(23-9-7-8-10-26(23)29)18-32(30,31)27-16-11-19(2)17-24(27)21-12-14-22(15-13-21)28(4)5/h7-17H,6,18H2,1-5H3. The lowest BCUT2D eigenvalue weighted by molar-refractivity contribution is 0.595. The highest BCUT2D eigenvalue weighted by molar-refractivity contribution is 7.90. The smallest absolute Gasteiger partial charge is 0.183 e. The molecule has 0 bridgehead atoms. The lowest BCUT2D eigenvalue weighted by Crippen LogP contribution is -2.09. The van der Waals surface area contributed by atoms with Gasteiger partial charge in [0.2, 0.25) is 0 Å². The van der Waals surface area contributed by atoms with Gasteiger partial charge in [-0.3, -0.25) is 0 Å². The van der Waals surface area contributed by atoms with Gasteiger partial charge in [-0.1, -0.05) is 48.0 Å². The molecular weight excluding hydrogens is 416 g/mol. The molecule has 4 nitrogen and oxygen atoms in total. The third kappa shape index (κ3) is 3.93. The fourth-order valence-corrected chi connectivity index (χ4v) is 6.13. The van der Waals surface area contributed by atoms with Crippen molar-refractivity contribution in [3.8, 4) is 11.1 Å². The minimum atomic E-state index is -3.57. The van der Waals surface area contributed by atoms with E-state index in [0.717, 1.165) is 51.1 Å². The average Bonchev–Trinajstić information content (AvgIpc) is 3.04. The predicted octanol–water partition coefficient (Wildman–Crippen LogP) is 5.98. The second-order valence-electron chi connectivity index (χ2n) is 8.53. The van der Waals surface area contributed by atoms with Gasteiger partial charge in [0.05, 0.1) is 10.6 Å². The molecule has 0 aliphatic carbocycles. The molecule has 4 aromatic rings. The van der Waals surface area contributed by atoms with Crippen LogP contribution in [0.2, 0.25) is 0 Å². The molecule has 166 valence electrons. The maximum absolute atomic E-state index is 13.8. The van der Waals surface area contributed by atoms with E-state index in [-0.39, 0.29) is 5.75 Å². The first kappa shape index (κ1) is 22.2. The van der Waals surface area contributed by atoms with Gasteiger partial charge in [0, 0.05) is 48.5 Å². The molecule has 0 radical (unpaired) electrons. The van der Waals surface area contributed by atoms with Crippen LogP contribution in [0.4, 0.5) is 5.69 Å². The molecule has 5 heteroatoms. The first-order chi connectivity index (χ1) is 15.2. The van der Waals surface area contributed by atoms with Gasteiger partial charge in [-0.15, -0.1) is 0 Å². The maximum atomic E-state index is 13.8. The minimum Gasteiger partial charge on any atom is -0.378 e. The van der Waals surface area contributed by atoms with Crippen molar-refractivity contribution in [1.82, 2.24) is 4.57 Å². The Labute approximate surface area is 191 Å². The van der Waals surface area contributed by atoms with Crippen LogP contribution in [0, 0.1) is 13.8 Å². The fourth-order valence-electron chi connectivity index (χ4n) is 4.44. The number of rotatable bonds is 6. The van der Waals surface area contributed by atoms with E-state index in [1.54, 1.807) is 6.07 Å². The van der Waals surface area contributed by atoms with Crippen LogP contribution >= 0.6 is 0 Å². The van der Waals surface area contributed by atoms with Crippen molar-refractivity contribution >= 4 is 26.4 Å². The third-order valence-electron chi connectivity index (χ3n) is 6.18. The van der Waals surface area contributed by atoms with E-state index in [0.29, 0.717) is 4.90 Å². The van der Waals surface area contributed by atoms with Crippen molar-refractivity contribution in [2.24, 2.45) is 0 Å². The molecule has 0 saturated carbocycles. The highest BCUT2D eigenvalue weighted by atomic mass is 32.2. The fraction of sp³-hybridized carbons (Fsp3) is 0.259. The molecule has 0 unspecified atom stereocenters. The zero-order chi connectivity index (χ0) is 23.0. The van der Waals surface area contributed by atoms with Gasteiger partial charge in [0.1, 0.15) is 0 Å². The molecule has 0 spiro atoms. The summed E-state index contributed by atoms with van der Waals surface area (Å²) in [6.45, 7) is 6.91. The Morgan fingerprint density at radius 3 is 2.25 bits per heavy atom. The summed E-state index contributed by atoms with van der Waals surface area (Å²) < 4.78 is 29.7. The van der Waals surface area contributed by atoms with Crippen LogP contribution in [0.5, 0.6) is 0 Å². The monoisotopic (exact) mass is 446 g/mol. The molecule has 1 aromatic heterocycles. The summed E-state index contributed by atoms with van der Waals surface area (Å²) in [6, 6.07) is 21.7. The van der Waals surface area contributed by atoms with Gasteiger partial charge in [0.25, 0.3) is 0 Å². The number of hydrogen-bond donors (Lipinski definition) is 0. The largest absolute Gasteiger partial charge is 0.378 e. The van der Waals surface area contributed by atoms with Crippen molar-refractivity contribution in [3.05, 3.63) is 83.6 Å². The summed E-state index contributed by atoms with van der Waals surface area (Å²) >= 11 is 0. The van der Waals surface area contributed by atoms with Crippen LogP contribution in [0.15, 0.2) is 71.6 Å². The highest BCUT2D eigenvalue weighted by Crippen LogP contribution is 2.34. The number of para-hydroxylation sites is 1. The highest BCUT2D eigenvalue weighted by Gasteiger charge is 2.24. The normalized spacial score (nSPS) is 11.8. The summed E-state index contributed by atoms with van der Waals surface area (Å²) in [6.07, 6.45) is 0.